The lowest BCUT2D eigenvalue weighted by molar-refractivity contribution is -0.141. The highest BCUT2D eigenvalue weighted by Crippen LogP contribution is 2.31. The number of aliphatic hydroxyl groups is 1. The predicted octanol–water partition coefficient (Wildman–Crippen LogP) is 1.03. The van der Waals surface area contributed by atoms with Crippen molar-refractivity contribution >= 4 is 11.9 Å². The van der Waals surface area contributed by atoms with E-state index < -0.39 is 23.8 Å². The third kappa shape index (κ3) is 3.33. The van der Waals surface area contributed by atoms with Gasteiger partial charge in [0.2, 0.25) is 0 Å². The van der Waals surface area contributed by atoms with Crippen LogP contribution in [0.15, 0.2) is 24.3 Å². The summed E-state index contributed by atoms with van der Waals surface area (Å²) in [7, 11) is 0. The highest BCUT2D eigenvalue weighted by molar-refractivity contribution is 5.94. The van der Waals surface area contributed by atoms with Crippen LogP contribution in [-0.4, -0.2) is 34.7 Å². The molecule has 0 saturated heterocycles. The summed E-state index contributed by atoms with van der Waals surface area (Å²) in [6, 6.07) is 5.13. The van der Waals surface area contributed by atoms with Gasteiger partial charge >= 0.3 is 5.97 Å². The van der Waals surface area contributed by atoms with Gasteiger partial charge in [-0.2, -0.15) is 0 Å². The van der Waals surface area contributed by atoms with Crippen molar-refractivity contribution < 1.29 is 24.2 Å². The number of hydrogen-bond donors (Lipinski definition) is 3. The van der Waals surface area contributed by atoms with Gasteiger partial charge in [0.25, 0.3) is 5.91 Å². The lowest BCUT2D eigenvalue weighted by atomic mass is 10.0. The minimum Gasteiger partial charge on any atom is -0.481 e. The number of rotatable bonds is 4. The molecule has 20 heavy (non-hydrogen) atoms. The Morgan fingerprint density at radius 1 is 1.25 bits per heavy atom. The van der Waals surface area contributed by atoms with Gasteiger partial charge in [0.05, 0.1) is 12.0 Å². The fraction of sp³-hybridized carbons (Fsp3) is 0.429. The van der Waals surface area contributed by atoms with Crippen molar-refractivity contribution in [3.8, 4) is 0 Å². The van der Waals surface area contributed by atoms with Crippen LogP contribution in [0.5, 0.6) is 0 Å². The molecule has 1 unspecified atom stereocenters. The molecule has 6 heteroatoms. The summed E-state index contributed by atoms with van der Waals surface area (Å²) < 4.78 is 12.7. The van der Waals surface area contributed by atoms with Crippen molar-refractivity contribution in [3.05, 3.63) is 35.6 Å². The maximum absolute atomic E-state index is 12.7. The Hall–Kier alpha value is -1.95. The first-order chi connectivity index (χ1) is 9.47. The normalized spacial score (nSPS) is 25.4. The average molecular weight is 281 g/mol. The zero-order valence-electron chi connectivity index (χ0n) is 10.8. The topological polar surface area (TPSA) is 86.6 Å². The molecular weight excluding hydrogens is 265 g/mol. The Bertz CT molecular complexity index is 502. The fourth-order valence-electron chi connectivity index (χ4n) is 2.45. The second-order valence-corrected chi connectivity index (χ2v) is 5.05. The largest absolute Gasteiger partial charge is 0.481 e. The molecule has 0 aromatic heterocycles. The number of halogens is 1. The quantitative estimate of drug-likeness (QED) is 0.769. The summed E-state index contributed by atoms with van der Waals surface area (Å²) in [6.07, 6.45) is -0.156. The second kappa shape index (κ2) is 6.00. The maximum atomic E-state index is 12.7. The molecule has 5 nitrogen and oxygen atoms in total. The number of amides is 1. The fourth-order valence-corrected chi connectivity index (χ4v) is 2.45. The van der Waals surface area contributed by atoms with Gasteiger partial charge in [-0.15, -0.1) is 0 Å². The highest BCUT2D eigenvalue weighted by Gasteiger charge is 2.36. The van der Waals surface area contributed by atoms with E-state index in [0.29, 0.717) is 12.0 Å². The van der Waals surface area contributed by atoms with E-state index in [-0.39, 0.29) is 24.8 Å². The second-order valence-electron chi connectivity index (χ2n) is 5.05. The van der Waals surface area contributed by atoms with Crippen molar-refractivity contribution in [1.82, 2.24) is 5.32 Å². The lowest BCUT2D eigenvalue weighted by Gasteiger charge is -2.14. The van der Waals surface area contributed by atoms with E-state index in [4.69, 9.17) is 5.11 Å². The summed E-state index contributed by atoms with van der Waals surface area (Å²) in [5.41, 5.74) is 0.327. The SMILES string of the molecule is O=C(NC[C@H]1CC(C(=O)O)C[C@H]1O)c1ccc(F)cc1. The molecule has 3 N–H and O–H groups in total. The van der Waals surface area contributed by atoms with Crippen molar-refractivity contribution in [2.75, 3.05) is 6.54 Å². The Labute approximate surface area is 115 Å². The summed E-state index contributed by atoms with van der Waals surface area (Å²) in [5.74, 6) is -2.53. The minimum absolute atomic E-state index is 0.209. The van der Waals surface area contributed by atoms with E-state index in [1.54, 1.807) is 0 Å². The molecule has 108 valence electrons. The van der Waals surface area contributed by atoms with Crippen molar-refractivity contribution in [1.29, 1.82) is 0 Å². The first-order valence-electron chi connectivity index (χ1n) is 6.42. The first kappa shape index (κ1) is 14.5. The molecule has 1 aromatic rings. The van der Waals surface area contributed by atoms with E-state index in [1.165, 1.54) is 24.3 Å². The standard InChI is InChI=1S/C14H16FNO4/c15-11-3-1-8(2-4-11)13(18)16-7-10-5-9(14(19)20)6-12(10)17/h1-4,9-10,12,17H,5-7H2,(H,16,18)(H,19,20)/t9?,10-,12-/m1/s1. The molecule has 1 aliphatic rings. The van der Waals surface area contributed by atoms with Crippen LogP contribution in [0.25, 0.3) is 0 Å². The summed E-state index contributed by atoms with van der Waals surface area (Å²) >= 11 is 0. The van der Waals surface area contributed by atoms with E-state index in [9.17, 15) is 19.1 Å². The molecule has 0 aliphatic heterocycles. The van der Waals surface area contributed by atoms with Crippen LogP contribution < -0.4 is 5.32 Å². The molecule has 1 aromatic carbocycles. The number of hydrogen-bond acceptors (Lipinski definition) is 3. The van der Waals surface area contributed by atoms with Crippen LogP contribution in [0.2, 0.25) is 0 Å². The van der Waals surface area contributed by atoms with Crippen LogP contribution in [0.3, 0.4) is 0 Å². The summed E-state index contributed by atoms with van der Waals surface area (Å²) in [6.45, 7) is 0.209. The number of carbonyl (C=O) groups excluding carboxylic acids is 1. The van der Waals surface area contributed by atoms with E-state index in [2.05, 4.69) is 5.32 Å². The molecule has 2 rings (SSSR count). The molecule has 1 saturated carbocycles. The summed E-state index contributed by atoms with van der Waals surface area (Å²) in [5, 5.41) is 21.3. The monoisotopic (exact) mass is 281 g/mol. The van der Waals surface area contributed by atoms with E-state index in [1.807, 2.05) is 0 Å². The van der Waals surface area contributed by atoms with Gasteiger partial charge in [0.15, 0.2) is 0 Å². The molecule has 1 amide bonds. The summed E-state index contributed by atoms with van der Waals surface area (Å²) in [4.78, 5) is 22.7. The molecule has 0 radical (unpaired) electrons. The first-order valence-corrected chi connectivity index (χ1v) is 6.42. The van der Waals surface area contributed by atoms with Crippen LogP contribution in [-0.2, 0) is 4.79 Å². The van der Waals surface area contributed by atoms with Crippen molar-refractivity contribution in [2.24, 2.45) is 11.8 Å². The van der Waals surface area contributed by atoms with Crippen LogP contribution in [0.1, 0.15) is 23.2 Å². The van der Waals surface area contributed by atoms with Gasteiger partial charge in [-0.1, -0.05) is 0 Å². The van der Waals surface area contributed by atoms with Gasteiger partial charge in [0.1, 0.15) is 5.82 Å². The highest BCUT2D eigenvalue weighted by atomic mass is 19.1. The zero-order valence-corrected chi connectivity index (χ0v) is 10.8. The van der Waals surface area contributed by atoms with Crippen LogP contribution in [0.4, 0.5) is 4.39 Å². The van der Waals surface area contributed by atoms with Crippen molar-refractivity contribution in [3.63, 3.8) is 0 Å². The molecule has 3 atom stereocenters. The Balaban J connectivity index is 1.87. The number of nitrogens with one attached hydrogen (secondary N) is 1. The Morgan fingerprint density at radius 2 is 1.90 bits per heavy atom. The van der Waals surface area contributed by atoms with E-state index >= 15 is 0 Å². The lowest BCUT2D eigenvalue weighted by Crippen LogP contribution is -2.32. The van der Waals surface area contributed by atoms with Gasteiger partial charge in [-0.05, 0) is 37.1 Å². The maximum Gasteiger partial charge on any atom is 0.306 e. The molecule has 1 aliphatic carbocycles. The van der Waals surface area contributed by atoms with Crippen LogP contribution >= 0.6 is 0 Å². The number of aliphatic hydroxyl groups excluding tert-OH is 1. The molecule has 0 bridgehead atoms. The Morgan fingerprint density at radius 3 is 2.45 bits per heavy atom. The third-order valence-corrected chi connectivity index (χ3v) is 3.64. The predicted molar refractivity (Wildman–Crippen MR) is 68.6 cm³/mol. The Kier molecular flexibility index (Phi) is 4.34. The number of benzene rings is 1. The molecule has 1 fully saturated rings. The van der Waals surface area contributed by atoms with Crippen LogP contribution in [0, 0.1) is 17.7 Å². The number of carboxylic acids is 1. The van der Waals surface area contributed by atoms with Gasteiger partial charge in [-0.3, -0.25) is 9.59 Å². The smallest absolute Gasteiger partial charge is 0.306 e. The van der Waals surface area contributed by atoms with Gasteiger partial charge < -0.3 is 15.5 Å². The minimum atomic E-state index is -0.920. The van der Waals surface area contributed by atoms with Gasteiger partial charge in [-0.25, -0.2) is 4.39 Å². The zero-order chi connectivity index (χ0) is 14.7. The number of carboxylic acid groups (broad SMARTS) is 1. The molecule has 0 spiro atoms. The van der Waals surface area contributed by atoms with Gasteiger partial charge in [0, 0.05) is 18.0 Å². The molecular formula is C14H16FNO4. The molecule has 0 heterocycles. The third-order valence-electron chi connectivity index (χ3n) is 3.64. The number of carbonyl (C=O) groups is 2. The average Bonchev–Trinajstić information content (AvgIpc) is 2.78. The van der Waals surface area contributed by atoms with E-state index in [0.717, 1.165) is 0 Å². The van der Waals surface area contributed by atoms with Crippen molar-refractivity contribution in [2.45, 2.75) is 18.9 Å². The number of aliphatic carboxylic acids is 1.